The van der Waals surface area contributed by atoms with Crippen LogP contribution in [0.5, 0.6) is 5.75 Å². The number of carbonyl (C=O) groups excluding carboxylic acids is 3. The van der Waals surface area contributed by atoms with Crippen LogP contribution in [0, 0.1) is 11.7 Å². The smallest absolute Gasteiger partial charge is 0.361 e. The molecule has 3 aromatic rings. The number of esters is 1. The monoisotopic (exact) mass is 606 g/mol. The molecule has 1 saturated heterocycles. The standard InChI is InChI=1S/C32H35FN4O5S/c1-4-42-32(40)29-27(37(35-34-29)18-21-9-13-24(41-3)14-10-21)17-23-19-36(16-15-28(23)43-20(2)38)30(31(39)22-11-12-22)25-7-5-6-8-26(25)33/h5-10,13-14,17,22,28,30H,4,11-12,15-16,18-19H2,1-3H3. The van der Waals surface area contributed by atoms with E-state index in [4.69, 9.17) is 9.47 Å². The molecule has 2 fully saturated rings. The summed E-state index contributed by atoms with van der Waals surface area (Å²) in [5, 5.41) is 8.20. The van der Waals surface area contributed by atoms with E-state index >= 15 is 4.39 Å². The summed E-state index contributed by atoms with van der Waals surface area (Å²) in [5.41, 5.74) is 2.59. The van der Waals surface area contributed by atoms with E-state index in [9.17, 15) is 14.4 Å². The number of aromatic nitrogens is 3. The highest BCUT2D eigenvalue weighted by Crippen LogP contribution is 2.41. The van der Waals surface area contributed by atoms with Gasteiger partial charge < -0.3 is 9.47 Å². The molecule has 0 spiro atoms. The van der Waals surface area contributed by atoms with Crippen molar-refractivity contribution in [3.63, 3.8) is 0 Å². The molecule has 43 heavy (non-hydrogen) atoms. The highest BCUT2D eigenvalue weighted by molar-refractivity contribution is 8.14. The highest BCUT2D eigenvalue weighted by atomic mass is 32.2. The number of benzene rings is 2. The number of hydrogen-bond donors (Lipinski definition) is 0. The fraction of sp³-hybridized carbons (Fsp3) is 0.406. The van der Waals surface area contributed by atoms with Gasteiger partial charge in [-0.15, -0.1) is 5.10 Å². The van der Waals surface area contributed by atoms with E-state index in [1.165, 1.54) is 24.8 Å². The summed E-state index contributed by atoms with van der Waals surface area (Å²) in [6.07, 6.45) is 4.01. The number of piperidine rings is 1. The van der Waals surface area contributed by atoms with Crippen LogP contribution in [0.3, 0.4) is 0 Å². The van der Waals surface area contributed by atoms with Gasteiger partial charge in [0.05, 0.1) is 32.0 Å². The number of halogens is 1. The third kappa shape index (κ3) is 7.22. The summed E-state index contributed by atoms with van der Waals surface area (Å²) in [7, 11) is 1.60. The van der Waals surface area contributed by atoms with Crippen LogP contribution in [0.15, 0.2) is 54.1 Å². The Balaban J connectivity index is 1.55. The zero-order valence-corrected chi connectivity index (χ0v) is 25.3. The van der Waals surface area contributed by atoms with Gasteiger partial charge in [0, 0.05) is 36.7 Å². The summed E-state index contributed by atoms with van der Waals surface area (Å²) in [4.78, 5) is 40.8. The maximum absolute atomic E-state index is 15.1. The summed E-state index contributed by atoms with van der Waals surface area (Å²) < 4.78 is 27.3. The minimum Gasteiger partial charge on any atom is -0.497 e. The lowest BCUT2D eigenvalue weighted by molar-refractivity contribution is -0.126. The van der Waals surface area contributed by atoms with Gasteiger partial charge in [-0.05, 0) is 61.6 Å². The summed E-state index contributed by atoms with van der Waals surface area (Å²) in [6.45, 7) is 4.54. The van der Waals surface area contributed by atoms with E-state index in [-0.39, 0.29) is 34.4 Å². The van der Waals surface area contributed by atoms with Crippen molar-refractivity contribution >= 4 is 34.7 Å². The van der Waals surface area contributed by atoms with Gasteiger partial charge in [-0.25, -0.2) is 13.9 Å². The number of methoxy groups -OCH3 is 1. The minimum atomic E-state index is -0.743. The Morgan fingerprint density at radius 2 is 1.86 bits per heavy atom. The van der Waals surface area contributed by atoms with Gasteiger partial charge in [-0.1, -0.05) is 47.3 Å². The Morgan fingerprint density at radius 3 is 2.51 bits per heavy atom. The summed E-state index contributed by atoms with van der Waals surface area (Å²) in [6, 6.07) is 13.2. The molecule has 1 aliphatic heterocycles. The molecule has 226 valence electrons. The number of thioether (sulfide) groups is 1. The largest absolute Gasteiger partial charge is 0.497 e. The molecular formula is C32H35FN4O5S. The van der Waals surface area contributed by atoms with Crippen molar-refractivity contribution in [1.82, 2.24) is 19.9 Å². The third-order valence-electron chi connectivity index (χ3n) is 7.66. The lowest BCUT2D eigenvalue weighted by Crippen LogP contribution is -2.43. The van der Waals surface area contributed by atoms with Gasteiger partial charge in [0.25, 0.3) is 0 Å². The first kappa shape index (κ1) is 30.6. The van der Waals surface area contributed by atoms with Gasteiger partial charge in [-0.3, -0.25) is 14.5 Å². The van der Waals surface area contributed by atoms with Gasteiger partial charge >= 0.3 is 5.97 Å². The van der Waals surface area contributed by atoms with Crippen LogP contribution in [0.25, 0.3) is 6.08 Å². The van der Waals surface area contributed by atoms with Crippen molar-refractivity contribution in [1.29, 1.82) is 0 Å². The normalized spacial score (nSPS) is 18.8. The first-order valence-electron chi connectivity index (χ1n) is 14.4. The molecule has 2 aromatic carbocycles. The van der Waals surface area contributed by atoms with Crippen LogP contribution in [0.4, 0.5) is 4.39 Å². The Morgan fingerprint density at radius 1 is 1.12 bits per heavy atom. The zero-order valence-electron chi connectivity index (χ0n) is 24.5. The van der Waals surface area contributed by atoms with E-state index in [2.05, 4.69) is 10.3 Å². The molecule has 2 atom stereocenters. The Bertz CT molecular complexity index is 1520. The average molecular weight is 607 g/mol. The second-order valence-corrected chi connectivity index (χ2v) is 12.1. The second-order valence-electron chi connectivity index (χ2n) is 10.7. The lowest BCUT2D eigenvalue weighted by atomic mass is 9.93. The fourth-order valence-corrected chi connectivity index (χ4v) is 6.32. The third-order valence-corrected chi connectivity index (χ3v) is 8.81. The van der Waals surface area contributed by atoms with Crippen LogP contribution in [0.1, 0.15) is 66.5 Å². The predicted molar refractivity (Wildman–Crippen MR) is 161 cm³/mol. The van der Waals surface area contributed by atoms with Crippen molar-refractivity contribution in [2.45, 2.75) is 50.9 Å². The zero-order chi connectivity index (χ0) is 30.5. The van der Waals surface area contributed by atoms with Gasteiger partial charge in [-0.2, -0.15) is 0 Å². The maximum Gasteiger partial charge on any atom is 0.361 e. The first-order valence-corrected chi connectivity index (χ1v) is 15.3. The van der Waals surface area contributed by atoms with E-state index in [0.29, 0.717) is 43.1 Å². The van der Waals surface area contributed by atoms with Crippen molar-refractivity contribution in [2.75, 3.05) is 26.8 Å². The number of hydrogen-bond acceptors (Lipinski definition) is 9. The number of ether oxygens (including phenoxy) is 2. The SMILES string of the molecule is CCOC(=O)c1nnn(Cc2ccc(OC)cc2)c1C=C1CN(C(C(=O)C2CC2)c2ccccc2F)CCC1SC(C)=O. The molecule has 2 unspecified atom stereocenters. The molecule has 1 aromatic heterocycles. The fourth-order valence-electron chi connectivity index (χ4n) is 5.40. The van der Waals surface area contributed by atoms with Crippen molar-refractivity contribution in [2.24, 2.45) is 5.92 Å². The average Bonchev–Trinajstić information content (AvgIpc) is 3.78. The molecule has 1 aliphatic carbocycles. The van der Waals surface area contributed by atoms with Gasteiger partial charge in [0.15, 0.2) is 16.6 Å². The van der Waals surface area contributed by atoms with Gasteiger partial charge in [0.1, 0.15) is 11.6 Å². The molecule has 2 aliphatic rings. The first-order chi connectivity index (χ1) is 20.8. The van der Waals surface area contributed by atoms with Crippen LogP contribution >= 0.6 is 11.8 Å². The minimum absolute atomic E-state index is 0.0144. The topological polar surface area (TPSA) is 104 Å². The molecule has 11 heteroatoms. The van der Waals surface area contributed by atoms with Crippen LogP contribution in [0.2, 0.25) is 0 Å². The number of likely N-dealkylation sites (tertiary alicyclic amines) is 1. The number of nitrogens with zero attached hydrogens (tertiary/aromatic N) is 4. The Hall–Kier alpha value is -3.83. The molecule has 0 N–H and O–H groups in total. The molecule has 2 heterocycles. The number of ketones is 1. The van der Waals surface area contributed by atoms with Crippen LogP contribution in [-0.2, 0) is 20.9 Å². The highest BCUT2D eigenvalue weighted by Gasteiger charge is 2.41. The van der Waals surface area contributed by atoms with Crippen molar-refractivity contribution < 1.29 is 28.2 Å². The molecule has 5 rings (SSSR count). The van der Waals surface area contributed by atoms with E-state index in [0.717, 1.165) is 24.0 Å². The Labute approximate surface area is 254 Å². The molecule has 0 bridgehead atoms. The molecule has 0 radical (unpaired) electrons. The van der Waals surface area contributed by atoms with E-state index in [1.807, 2.05) is 35.2 Å². The van der Waals surface area contributed by atoms with Crippen LogP contribution < -0.4 is 4.74 Å². The predicted octanol–water partition coefficient (Wildman–Crippen LogP) is 5.11. The molecule has 1 saturated carbocycles. The van der Waals surface area contributed by atoms with E-state index < -0.39 is 17.8 Å². The molecule has 9 nitrogen and oxygen atoms in total. The summed E-state index contributed by atoms with van der Waals surface area (Å²) >= 11 is 1.21. The number of rotatable bonds is 11. The van der Waals surface area contributed by atoms with Crippen LogP contribution in [-0.4, -0.2) is 68.8 Å². The summed E-state index contributed by atoms with van der Waals surface area (Å²) in [5.74, 6) is -0.369. The quantitative estimate of drug-likeness (QED) is 0.276. The number of Topliss-reactive ketones (excluding diaryl/α,β-unsaturated/α-hetero) is 1. The molecule has 0 amide bonds. The lowest BCUT2D eigenvalue weighted by Gasteiger charge is -2.38. The van der Waals surface area contributed by atoms with Crippen molar-refractivity contribution in [3.05, 3.63) is 82.4 Å². The Kier molecular flexibility index (Phi) is 9.72. The maximum atomic E-state index is 15.1. The molecular weight excluding hydrogens is 571 g/mol. The van der Waals surface area contributed by atoms with Crippen molar-refractivity contribution in [3.8, 4) is 5.75 Å². The number of carbonyl (C=O) groups is 3. The van der Waals surface area contributed by atoms with E-state index in [1.54, 1.807) is 36.9 Å². The van der Waals surface area contributed by atoms with Gasteiger partial charge in [0.2, 0.25) is 0 Å². The second kappa shape index (κ2) is 13.6.